The van der Waals surface area contributed by atoms with Gasteiger partial charge in [-0.1, -0.05) is 6.07 Å². The van der Waals surface area contributed by atoms with Gasteiger partial charge in [0.1, 0.15) is 0 Å². The molecule has 0 saturated heterocycles. The fourth-order valence-electron chi connectivity index (χ4n) is 0.933. The highest BCUT2D eigenvalue weighted by Gasteiger charge is 1.95. The highest BCUT2D eigenvalue weighted by molar-refractivity contribution is 7.18. The van der Waals surface area contributed by atoms with Crippen LogP contribution in [0.25, 0.3) is 10.2 Å². The van der Waals surface area contributed by atoms with Gasteiger partial charge in [-0.15, -0.1) is 11.3 Å². The van der Waals surface area contributed by atoms with Crippen LogP contribution in [-0.4, -0.2) is 4.98 Å². The first kappa shape index (κ1) is 5.86. The van der Waals surface area contributed by atoms with E-state index in [1.807, 2.05) is 25.1 Å². The smallest absolute Gasteiger partial charge is 0.0907 e. The third-order valence-corrected chi connectivity index (χ3v) is 2.29. The summed E-state index contributed by atoms with van der Waals surface area (Å²) in [5.41, 5.74) is 1.06. The Labute approximate surface area is 63.3 Å². The van der Waals surface area contributed by atoms with E-state index in [2.05, 4.69) is 11.1 Å². The predicted octanol–water partition coefficient (Wildman–Crippen LogP) is 2.40. The van der Waals surface area contributed by atoms with Crippen molar-refractivity contribution in [2.45, 2.75) is 6.92 Å². The maximum Gasteiger partial charge on any atom is 0.0907 e. The molecule has 2 aromatic rings. The fraction of sp³-hybridized carbons (Fsp3) is 0.125. The van der Waals surface area contributed by atoms with Crippen LogP contribution >= 0.6 is 11.3 Å². The molecule has 0 fully saturated rings. The first-order chi connectivity index (χ1) is 4.86. The van der Waals surface area contributed by atoms with Crippen molar-refractivity contribution in [3.8, 4) is 0 Å². The zero-order valence-electron chi connectivity index (χ0n) is 5.59. The SMILES string of the molecule is Cc1nc2c[c]ccc2s1. The molecule has 1 aromatic heterocycles. The van der Waals surface area contributed by atoms with E-state index >= 15 is 0 Å². The van der Waals surface area contributed by atoms with Crippen LogP contribution < -0.4 is 0 Å². The topological polar surface area (TPSA) is 12.9 Å². The Morgan fingerprint density at radius 1 is 1.60 bits per heavy atom. The standard InChI is InChI=1S/C8H6NS/c1-6-9-7-4-2-3-5-8(7)10-6/h3-5H,1H3. The summed E-state index contributed by atoms with van der Waals surface area (Å²) in [6.07, 6.45) is 0. The van der Waals surface area contributed by atoms with Crippen LogP contribution in [0, 0.1) is 13.0 Å². The number of thiazole rings is 1. The lowest BCUT2D eigenvalue weighted by Gasteiger charge is -1.79. The Morgan fingerprint density at radius 2 is 2.50 bits per heavy atom. The zero-order valence-corrected chi connectivity index (χ0v) is 6.40. The molecular formula is C8H6NS. The summed E-state index contributed by atoms with van der Waals surface area (Å²) in [4.78, 5) is 4.30. The summed E-state index contributed by atoms with van der Waals surface area (Å²) in [7, 11) is 0. The number of fused-ring (bicyclic) bond motifs is 1. The minimum absolute atomic E-state index is 1.06. The van der Waals surface area contributed by atoms with Gasteiger partial charge in [0, 0.05) is 0 Å². The molecule has 0 amide bonds. The molecule has 2 rings (SSSR count). The van der Waals surface area contributed by atoms with Crippen LogP contribution in [0.15, 0.2) is 18.2 Å². The quantitative estimate of drug-likeness (QED) is 0.559. The first-order valence-corrected chi connectivity index (χ1v) is 3.91. The van der Waals surface area contributed by atoms with Gasteiger partial charge < -0.3 is 0 Å². The Bertz CT molecular complexity index is 318. The Hall–Kier alpha value is -0.890. The molecule has 0 aliphatic rings. The van der Waals surface area contributed by atoms with Crippen LogP contribution in [0.2, 0.25) is 0 Å². The Balaban J connectivity index is 2.88. The van der Waals surface area contributed by atoms with E-state index in [1.165, 1.54) is 4.70 Å². The molecular weight excluding hydrogens is 142 g/mol. The Kier molecular flexibility index (Phi) is 1.21. The molecule has 1 radical (unpaired) electrons. The van der Waals surface area contributed by atoms with Crippen molar-refractivity contribution >= 4 is 21.6 Å². The second-order valence-corrected chi connectivity index (χ2v) is 3.36. The summed E-state index contributed by atoms with van der Waals surface area (Å²) >= 11 is 1.72. The van der Waals surface area contributed by atoms with Gasteiger partial charge in [-0.05, 0) is 25.1 Å². The van der Waals surface area contributed by atoms with E-state index in [-0.39, 0.29) is 0 Å². The number of hydrogen-bond donors (Lipinski definition) is 0. The number of hydrogen-bond acceptors (Lipinski definition) is 2. The van der Waals surface area contributed by atoms with Crippen LogP contribution in [0.4, 0.5) is 0 Å². The van der Waals surface area contributed by atoms with Crippen LogP contribution in [0.1, 0.15) is 5.01 Å². The molecule has 1 nitrogen and oxygen atoms in total. The van der Waals surface area contributed by atoms with Gasteiger partial charge in [0.15, 0.2) is 0 Å². The molecule has 10 heavy (non-hydrogen) atoms. The first-order valence-electron chi connectivity index (χ1n) is 3.09. The van der Waals surface area contributed by atoms with Gasteiger partial charge in [0.05, 0.1) is 15.2 Å². The van der Waals surface area contributed by atoms with Gasteiger partial charge in [0.25, 0.3) is 0 Å². The van der Waals surface area contributed by atoms with Crippen LogP contribution in [0.5, 0.6) is 0 Å². The van der Waals surface area contributed by atoms with Crippen molar-refractivity contribution in [3.05, 3.63) is 29.3 Å². The van der Waals surface area contributed by atoms with Gasteiger partial charge >= 0.3 is 0 Å². The molecule has 0 aliphatic heterocycles. The number of aromatic nitrogens is 1. The Morgan fingerprint density at radius 3 is 3.30 bits per heavy atom. The summed E-state index contributed by atoms with van der Waals surface area (Å²) in [6.45, 7) is 2.02. The molecule has 0 aliphatic carbocycles. The highest BCUT2D eigenvalue weighted by atomic mass is 32.1. The molecule has 0 saturated carbocycles. The monoisotopic (exact) mass is 148 g/mol. The molecule has 0 unspecified atom stereocenters. The number of rotatable bonds is 0. The molecule has 1 aromatic carbocycles. The van der Waals surface area contributed by atoms with E-state index < -0.39 is 0 Å². The molecule has 1 heterocycles. The van der Waals surface area contributed by atoms with Gasteiger partial charge in [-0.25, -0.2) is 4.98 Å². The second-order valence-electron chi connectivity index (χ2n) is 2.13. The maximum absolute atomic E-state index is 4.30. The normalized spacial score (nSPS) is 10.5. The van der Waals surface area contributed by atoms with E-state index in [0.717, 1.165) is 10.5 Å². The lowest BCUT2D eigenvalue weighted by Crippen LogP contribution is -1.65. The third-order valence-electron chi connectivity index (χ3n) is 1.34. The van der Waals surface area contributed by atoms with Gasteiger partial charge in [0.2, 0.25) is 0 Å². The van der Waals surface area contributed by atoms with Crippen molar-refractivity contribution in [2.24, 2.45) is 0 Å². The molecule has 0 atom stereocenters. The van der Waals surface area contributed by atoms with E-state index in [0.29, 0.717) is 0 Å². The predicted molar refractivity (Wildman–Crippen MR) is 43.2 cm³/mol. The average Bonchev–Trinajstić information content (AvgIpc) is 2.27. The van der Waals surface area contributed by atoms with Crippen molar-refractivity contribution in [1.82, 2.24) is 4.98 Å². The summed E-state index contributed by atoms with van der Waals surface area (Å²) < 4.78 is 1.25. The largest absolute Gasteiger partial charge is 0.241 e. The van der Waals surface area contributed by atoms with Gasteiger partial charge in [-0.3, -0.25) is 0 Å². The fourth-order valence-corrected chi connectivity index (χ4v) is 1.74. The molecule has 0 spiro atoms. The second kappa shape index (κ2) is 2.06. The number of aryl methyl sites for hydroxylation is 1. The summed E-state index contributed by atoms with van der Waals surface area (Å²) in [5.74, 6) is 0. The van der Waals surface area contributed by atoms with E-state index in [1.54, 1.807) is 11.3 Å². The summed E-state index contributed by atoms with van der Waals surface area (Å²) in [6, 6.07) is 8.87. The third kappa shape index (κ3) is 0.809. The minimum Gasteiger partial charge on any atom is -0.241 e. The van der Waals surface area contributed by atoms with E-state index in [9.17, 15) is 0 Å². The molecule has 49 valence electrons. The van der Waals surface area contributed by atoms with E-state index in [4.69, 9.17) is 0 Å². The lowest BCUT2D eigenvalue weighted by atomic mass is 10.3. The van der Waals surface area contributed by atoms with Gasteiger partial charge in [-0.2, -0.15) is 0 Å². The van der Waals surface area contributed by atoms with Crippen LogP contribution in [-0.2, 0) is 0 Å². The minimum atomic E-state index is 1.06. The van der Waals surface area contributed by atoms with Crippen molar-refractivity contribution in [2.75, 3.05) is 0 Å². The average molecular weight is 148 g/mol. The summed E-state index contributed by atoms with van der Waals surface area (Å²) in [5, 5.41) is 1.12. The molecule has 2 heteroatoms. The van der Waals surface area contributed by atoms with Crippen molar-refractivity contribution in [1.29, 1.82) is 0 Å². The highest BCUT2D eigenvalue weighted by Crippen LogP contribution is 2.19. The maximum atomic E-state index is 4.30. The van der Waals surface area contributed by atoms with Crippen LogP contribution in [0.3, 0.4) is 0 Å². The van der Waals surface area contributed by atoms with Crippen molar-refractivity contribution in [3.63, 3.8) is 0 Å². The lowest BCUT2D eigenvalue weighted by molar-refractivity contribution is 1.35. The number of nitrogens with zero attached hydrogens (tertiary/aromatic N) is 1. The van der Waals surface area contributed by atoms with Crippen molar-refractivity contribution < 1.29 is 0 Å². The molecule has 0 N–H and O–H groups in total. The number of benzene rings is 1. The zero-order chi connectivity index (χ0) is 6.97. The molecule has 0 bridgehead atoms.